The number of carboxylic acids is 1. The first kappa shape index (κ1) is 13.9. The first-order valence-electron chi connectivity index (χ1n) is 5.99. The molecule has 106 valence electrons. The number of carbonyl (C=O) groups excluding carboxylic acids is 2. The van der Waals surface area contributed by atoms with E-state index in [-0.39, 0.29) is 23.5 Å². The molecule has 7 heteroatoms. The van der Waals surface area contributed by atoms with Gasteiger partial charge in [0.2, 0.25) is 5.91 Å². The molecule has 0 aromatic heterocycles. The number of nitrogen functional groups attached to an aromatic ring is 1. The summed E-state index contributed by atoms with van der Waals surface area (Å²) in [4.78, 5) is 36.3. The number of hydrogen-bond donors (Lipinski definition) is 3. The van der Waals surface area contributed by atoms with Gasteiger partial charge in [0.05, 0.1) is 23.5 Å². The number of nitrogens with two attached hydrogens (primary N) is 1. The van der Waals surface area contributed by atoms with Gasteiger partial charge in [0.25, 0.3) is 5.91 Å². The Hall–Kier alpha value is -2.57. The Kier molecular flexibility index (Phi) is 3.13. The Morgan fingerprint density at radius 3 is 2.65 bits per heavy atom. The second-order valence-electron chi connectivity index (χ2n) is 5.07. The van der Waals surface area contributed by atoms with E-state index in [0.29, 0.717) is 0 Å². The van der Waals surface area contributed by atoms with Crippen LogP contribution in [0.3, 0.4) is 0 Å². The molecule has 4 N–H and O–H groups in total. The van der Waals surface area contributed by atoms with E-state index in [4.69, 9.17) is 5.73 Å². The molecular formula is C13H15N3O4. The van der Waals surface area contributed by atoms with Gasteiger partial charge in [0.15, 0.2) is 0 Å². The van der Waals surface area contributed by atoms with Crippen LogP contribution in [0.25, 0.3) is 0 Å². The molecule has 1 aromatic rings. The van der Waals surface area contributed by atoms with Gasteiger partial charge in [-0.25, -0.2) is 4.79 Å². The molecule has 7 nitrogen and oxygen atoms in total. The number of nitrogens with one attached hydrogen (secondary N) is 1. The average Bonchev–Trinajstić information content (AvgIpc) is 2.34. The molecule has 1 saturated heterocycles. The Morgan fingerprint density at radius 2 is 2.05 bits per heavy atom. The zero-order valence-corrected chi connectivity index (χ0v) is 11.1. The molecule has 0 saturated carbocycles. The van der Waals surface area contributed by atoms with Gasteiger partial charge in [-0.2, -0.15) is 0 Å². The molecule has 1 heterocycles. The van der Waals surface area contributed by atoms with Crippen molar-refractivity contribution in [3.05, 3.63) is 23.8 Å². The normalized spacial score (nSPS) is 17.8. The minimum atomic E-state index is -1.17. The van der Waals surface area contributed by atoms with Crippen LogP contribution < -0.4 is 16.0 Å². The Morgan fingerprint density at radius 1 is 1.40 bits per heavy atom. The molecule has 0 unspecified atom stereocenters. The minimum absolute atomic E-state index is 0.0411. The topological polar surface area (TPSA) is 113 Å². The van der Waals surface area contributed by atoms with Crippen LogP contribution in [0, 0.1) is 0 Å². The van der Waals surface area contributed by atoms with Crippen LogP contribution >= 0.6 is 0 Å². The number of para-hydroxylation sites is 1. The fourth-order valence-electron chi connectivity index (χ4n) is 2.18. The number of rotatable bonds is 2. The molecular weight excluding hydrogens is 262 g/mol. The van der Waals surface area contributed by atoms with Crippen LogP contribution in [0.15, 0.2) is 18.2 Å². The fourth-order valence-corrected chi connectivity index (χ4v) is 2.18. The van der Waals surface area contributed by atoms with Gasteiger partial charge in [-0.1, -0.05) is 6.07 Å². The number of carboxylic acid groups (broad SMARTS) is 1. The highest BCUT2D eigenvalue weighted by atomic mass is 16.4. The van der Waals surface area contributed by atoms with E-state index < -0.39 is 23.3 Å². The molecule has 0 atom stereocenters. The highest BCUT2D eigenvalue weighted by Crippen LogP contribution is 2.34. The van der Waals surface area contributed by atoms with Crippen LogP contribution in [0.4, 0.5) is 11.4 Å². The van der Waals surface area contributed by atoms with Crippen LogP contribution in [0.1, 0.15) is 24.2 Å². The van der Waals surface area contributed by atoms with E-state index in [0.717, 1.165) is 0 Å². The van der Waals surface area contributed by atoms with Crippen LogP contribution in [0.5, 0.6) is 0 Å². The number of carbonyl (C=O) groups is 3. The Bertz CT molecular complexity index is 610. The predicted octanol–water partition coefficient (Wildman–Crippen LogP) is 0.208. The molecule has 1 aliphatic heterocycles. The summed E-state index contributed by atoms with van der Waals surface area (Å²) in [5.74, 6) is -2.15. The maximum Gasteiger partial charge on any atom is 0.337 e. The quantitative estimate of drug-likeness (QED) is 0.526. The lowest BCUT2D eigenvalue weighted by Crippen LogP contribution is -2.64. The Balaban J connectivity index is 2.63. The van der Waals surface area contributed by atoms with Gasteiger partial charge in [-0.15, -0.1) is 0 Å². The number of piperazine rings is 1. The smallest absolute Gasteiger partial charge is 0.337 e. The minimum Gasteiger partial charge on any atom is -0.478 e. The third kappa shape index (κ3) is 2.07. The summed E-state index contributed by atoms with van der Waals surface area (Å²) in [6.45, 7) is 3.08. The number of aromatic carboxylic acids is 1. The zero-order valence-electron chi connectivity index (χ0n) is 11.1. The zero-order chi connectivity index (χ0) is 15.1. The lowest BCUT2D eigenvalue weighted by molar-refractivity contribution is -0.135. The number of hydrogen-bond acceptors (Lipinski definition) is 5. The molecule has 1 aliphatic rings. The summed E-state index contributed by atoms with van der Waals surface area (Å²) in [6.07, 6.45) is 0. The summed E-state index contributed by atoms with van der Waals surface area (Å²) in [5.41, 5.74) is 5.13. The molecule has 0 bridgehead atoms. The van der Waals surface area contributed by atoms with Gasteiger partial charge in [0, 0.05) is 0 Å². The van der Waals surface area contributed by atoms with Crippen molar-refractivity contribution in [1.82, 2.24) is 5.32 Å². The monoisotopic (exact) mass is 277 g/mol. The maximum atomic E-state index is 11.9. The molecule has 1 aromatic carbocycles. The van der Waals surface area contributed by atoms with Gasteiger partial charge < -0.3 is 15.7 Å². The third-order valence-corrected chi connectivity index (χ3v) is 3.35. The average molecular weight is 277 g/mol. The second-order valence-corrected chi connectivity index (χ2v) is 5.07. The van der Waals surface area contributed by atoms with Crippen molar-refractivity contribution in [1.29, 1.82) is 0 Å². The Labute approximate surface area is 115 Å². The largest absolute Gasteiger partial charge is 0.478 e. The van der Waals surface area contributed by atoms with Crippen molar-refractivity contribution in [2.24, 2.45) is 0 Å². The first-order valence-corrected chi connectivity index (χ1v) is 5.99. The van der Waals surface area contributed by atoms with Gasteiger partial charge >= 0.3 is 5.97 Å². The van der Waals surface area contributed by atoms with Crippen LogP contribution in [-0.4, -0.2) is 35.0 Å². The molecule has 0 spiro atoms. The summed E-state index contributed by atoms with van der Waals surface area (Å²) in [6, 6.07) is 4.44. The maximum absolute atomic E-state index is 11.9. The molecule has 1 fully saturated rings. The van der Waals surface area contributed by atoms with E-state index in [1.807, 2.05) is 0 Å². The fraction of sp³-hybridized carbons (Fsp3) is 0.308. The molecule has 2 amide bonds. The number of benzene rings is 1. The number of amides is 2. The highest BCUT2D eigenvalue weighted by Gasteiger charge is 2.42. The van der Waals surface area contributed by atoms with Crippen molar-refractivity contribution in [2.75, 3.05) is 17.2 Å². The standard InChI is InChI=1S/C13H15N3O4/c1-13(2)12(20)15-9(17)6-16(13)10-7(11(18)19)4-3-5-8(10)14/h3-5H,6,14H2,1-2H3,(H,18,19)(H,15,17,20). The van der Waals surface area contributed by atoms with E-state index in [2.05, 4.69) is 5.32 Å². The van der Waals surface area contributed by atoms with Gasteiger partial charge in [-0.05, 0) is 26.0 Å². The van der Waals surface area contributed by atoms with Crippen molar-refractivity contribution >= 4 is 29.2 Å². The summed E-state index contributed by atoms with van der Waals surface area (Å²) in [7, 11) is 0. The first-order chi connectivity index (χ1) is 9.25. The lowest BCUT2D eigenvalue weighted by atomic mass is 9.95. The number of nitrogens with zero attached hydrogens (tertiary/aromatic N) is 1. The summed E-state index contributed by atoms with van der Waals surface area (Å²) in [5, 5.41) is 11.5. The van der Waals surface area contributed by atoms with Gasteiger partial charge in [-0.3, -0.25) is 14.9 Å². The molecule has 0 aliphatic carbocycles. The highest BCUT2D eigenvalue weighted by molar-refractivity contribution is 6.09. The molecule has 20 heavy (non-hydrogen) atoms. The second kappa shape index (κ2) is 4.52. The van der Waals surface area contributed by atoms with Crippen molar-refractivity contribution < 1.29 is 19.5 Å². The van der Waals surface area contributed by atoms with Crippen molar-refractivity contribution in [2.45, 2.75) is 19.4 Å². The van der Waals surface area contributed by atoms with Gasteiger partial charge in [0.1, 0.15) is 5.54 Å². The van der Waals surface area contributed by atoms with E-state index in [1.165, 1.54) is 23.1 Å². The summed E-state index contributed by atoms with van der Waals surface area (Å²) >= 11 is 0. The van der Waals surface area contributed by atoms with Crippen molar-refractivity contribution in [3.8, 4) is 0 Å². The SMILES string of the molecule is CC1(C)C(=O)NC(=O)CN1c1c(N)cccc1C(=O)O. The number of anilines is 2. The third-order valence-electron chi connectivity index (χ3n) is 3.35. The van der Waals surface area contributed by atoms with Crippen LogP contribution in [-0.2, 0) is 9.59 Å². The molecule has 2 rings (SSSR count). The van der Waals surface area contributed by atoms with Crippen molar-refractivity contribution in [3.63, 3.8) is 0 Å². The number of imide groups is 1. The predicted molar refractivity (Wildman–Crippen MR) is 72.4 cm³/mol. The lowest BCUT2D eigenvalue weighted by Gasteiger charge is -2.42. The molecule has 0 radical (unpaired) electrons. The van der Waals surface area contributed by atoms with E-state index >= 15 is 0 Å². The summed E-state index contributed by atoms with van der Waals surface area (Å²) < 4.78 is 0. The van der Waals surface area contributed by atoms with Crippen LogP contribution in [0.2, 0.25) is 0 Å². The van der Waals surface area contributed by atoms with E-state index in [9.17, 15) is 19.5 Å². The van der Waals surface area contributed by atoms with E-state index in [1.54, 1.807) is 13.8 Å².